The summed E-state index contributed by atoms with van der Waals surface area (Å²) in [5.41, 5.74) is 0. The average molecular weight is 179 g/mol. The minimum atomic E-state index is 0.159. The molecule has 4 nitrogen and oxygen atoms in total. The minimum absolute atomic E-state index is 0.159. The van der Waals surface area contributed by atoms with E-state index >= 15 is 0 Å². The molecule has 1 fully saturated rings. The first-order valence-corrected chi connectivity index (χ1v) is 4.62. The SMILES string of the molecule is CC[C@@H]1C[C@H]1C(=O)c1ncnn1C. The van der Waals surface area contributed by atoms with E-state index in [9.17, 15) is 4.79 Å². The molecule has 70 valence electrons. The fourth-order valence-electron chi connectivity index (χ4n) is 1.71. The summed E-state index contributed by atoms with van der Waals surface area (Å²) in [6.45, 7) is 2.12. The molecule has 4 heteroatoms. The molecule has 1 aliphatic carbocycles. The van der Waals surface area contributed by atoms with Crippen molar-refractivity contribution in [3.8, 4) is 0 Å². The van der Waals surface area contributed by atoms with Crippen LogP contribution in [0.15, 0.2) is 6.33 Å². The first kappa shape index (κ1) is 8.41. The topological polar surface area (TPSA) is 47.8 Å². The first-order valence-electron chi connectivity index (χ1n) is 4.62. The van der Waals surface area contributed by atoms with Gasteiger partial charge in [-0.05, 0) is 12.3 Å². The molecule has 0 unspecified atom stereocenters. The molecule has 0 aliphatic heterocycles. The molecular formula is C9H13N3O. The molecule has 1 aliphatic rings. The Kier molecular flexibility index (Phi) is 1.90. The van der Waals surface area contributed by atoms with Gasteiger partial charge in [0.15, 0.2) is 5.82 Å². The van der Waals surface area contributed by atoms with Crippen molar-refractivity contribution in [2.24, 2.45) is 18.9 Å². The summed E-state index contributed by atoms with van der Waals surface area (Å²) in [6, 6.07) is 0. The predicted molar refractivity (Wildman–Crippen MR) is 47.2 cm³/mol. The van der Waals surface area contributed by atoms with Crippen LogP contribution in [0.2, 0.25) is 0 Å². The van der Waals surface area contributed by atoms with Gasteiger partial charge in [0.25, 0.3) is 0 Å². The Morgan fingerprint density at radius 1 is 1.77 bits per heavy atom. The Bertz CT molecular complexity index is 331. The standard InChI is InChI=1S/C9H13N3O/c1-3-6-4-7(6)8(13)9-10-5-11-12(9)2/h5-7H,3-4H2,1-2H3/t6-,7-/m1/s1. The van der Waals surface area contributed by atoms with Gasteiger partial charge in [-0.1, -0.05) is 13.3 Å². The maximum absolute atomic E-state index is 11.7. The maximum Gasteiger partial charge on any atom is 0.203 e. The van der Waals surface area contributed by atoms with Crippen molar-refractivity contribution in [1.29, 1.82) is 0 Å². The van der Waals surface area contributed by atoms with E-state index in [2.05, 4.69) is 17.0 Å². The van der Waals surface area contributed by atoms with Gasteiger partial charge in [-0.2, -0.15) is 5.10 Å². The van der Waals surface area contributed by atoms with Gasteiger partial charge in [0, 0.05) is 13.0 Å². The summed E-state index contributed by atoms with van der Waals surface area (Å²) in [6.07, 6.45) is 3.55. The fraction of sp³-hybridized carbons (Fsp3) is 0.667. The van der Waals surface area contributed by atoms with Crippen molar-refractivity contribution >= 4 is 5.78 Å². The molecule has 0 bridgehead atoms. The molecule has 0 spiro atoms. The van der Waals surface area contributed by atoms with Crippen LogP contribution >= 0.6 is 0 Å². The molecular weight excluding hydrogens is 166 g/mol. The monoisotopic (exact) mass is 179 g/mol. The Morgan fingerprint density at radius 2 is 2.54 bits per heavy atom. The van der Waals surface area contributed by atoms with Crippen molar-refractivity contribution in [3.05, 3.63) is 12.2 Å². The molecule has 1 saturated carbocycles. The van der Waals surface area contributed by atoms with Gasteiger partial charge in [-0.15, -0.1) is 0 Å². The largest absolute Gasteiger partial charge is 0.290 e. The van der Waals surface area contributed by atoms with Crippen molar-refractivity contribution in [1.82, 2.24) is 14.8 Å². The van der Waals surface area contributed by atoms with Crippen LogP contribution in [0.25, 0.3) is 0 Å². The van der Waals surface area contributed by atoms with Gasteiger partial charge in [-0.3, -0.25) is 4.79 Å². The van der Waals surface area contributed by atoms with Crippen LogP contribution < -0.4 is 0 Å². The summed E-state index contributed by atoms with van der Waals surface area (Å²) in [5.74, 6) is 1.46. The molecule has 0 saturated heterocycles. The van der Waals surface area contributed by atoms with E-state index in [-0.39, 0.29) is 11.7 Å². The molecule has 2 rings (SSSR count). The molecule has 0 aromatic carbocycles. The second-order valence-electron chi connectivity index (χ2n) is 3.58. The third-order valence-corrected chi connectivity index (χ3v) is 2.72. The fourth-order valence-corrected chi connectivity index (χ4v) is 1.71. The second kappa shape index (κ2) is 2.94. The molecule has 1 aromatic heterocycles. The second-order valence-corrected chi connectivity index (χ2v) is 3.58. The first-order chi connectivity index (χ1) is 6.24. The zero-order valence-electron chi connectivity index (χ0n) is 7.90. The normalized spacial score (nSPS) is 26.0. The number of ketones is 1. The number of carbonyl (C=O) groups is 1. The molecule has 13 heavy (non-hydrogen) atoms. The maximum atomic E-state index is 11.7. The molecule has 0 N–H and O–H groups in total. The van der Waals surface area contributed by atoms with Crippen LogP contribution in [-0.4, -0.2) is 20.5 Å². The van der Waals surface area contributed by atoms with Gasteiger partial charge in [-0.25, -0.2) is 9.67 Å². The van der Waals surface area contributed by atoms with Crippen LogP contribution in [0.1, 0.15) is 30.4 Å². The smallest absolute Gasteiger partial charge is 0.203 e. The van der Waals surface area contributed by atoms with E-state index in [4.69, 9.17) is 0 Å². The lowest BCUT2D eigenvalue weighted by atomic mass is 10.2. The molecule has 0 amide bonds. The summed E-state index contributed by atoms with van der Waals surface area (Å²) in [5, 5.41) is 3.88. The van der Waals surface area contributed by atoms with Gasteiger partial charge in [0.05, 0.1) is 0 Å². The van der Waals surface area contributed by atoms with Crippen LogP contribution in [-0.2, 0) is 7.05 Å². The van der Waals surface area contributed by atoms with E-state index < -0.39 is 0 Å². The van der Waals surface area contributed by atoms with Gasteiger partial charge in [0.2, 0.25) is 5.78 Å². The lowest BCUT2D eigenvalue weighted by Gasteiger charge is -1.97. The zero-order valence-corrected chi connectivity index (χ0v) is 7.90. The zero-order chi connectivity index (χ0) is 9.42. The van der Waals surface area contributed by atoms with Gasteiger partial charge in [0.1, 0.15) is 6.33 Å². The van der Waals surface area contributed by atoms with E-state index in [0.717, 1.165) is 12.8 Å². The van der Waals surface area contributed by atoms with Crippen molar-refractivity contribution < 1.29 is 4.79 Å². The molecule has 1 heterocycles. The van der Waals surface area contributed by atoms with E-state index in [1.54, 1.807) is 11.7 Å². The van der Waals surface area contributed by atoms with Crippen LogP contribution in [0.5, 0.6) is 0 Å². The lowest BCUT2D eigenvalue weighted by Crippen LogP contribution is -2.11. The summed E-state index contributed by atoms with van der Waals surface area (Å²) >= 11 is 0. The lowest BCUT2D eigenvalue weighted by molar-refractivity contribution is 0.0946. The molecule has 2 atom stereocenters. The third kappa shape index (κ3) is 1.36. The van der Waals surface area contributed by atoms with Crippen LogP contribution in [0, 0.1) is 11.8 Å². The summed E-state index contributed by atoms with van der Waals surface area (Å²) < 4.78 is 1.55. The Labute approximate surface area is 77.0 Å². The highest BCUT2D eigenvalue weighted by Gasteiger charge is 2.42. The number of Topliss-reactive ketones (excluding diaryl/α,β-unsaturated/α-hetero) is 1. The Morgan fingerprint density at radius 3 is 3.00 bits per heavy atom. The predicted octanol–water partition coefficient (Wildman–Crippen LogP) is 1.04. The number of aryl methyl sites for hydroxylation is 1. The van der Waals surface area contributed by atoms with E-state index in [0.29, 0.717) is 11.7 Å². The highest BCUT2D eigenvalue weighted by Crippen LogP contribution is 2.42. The summed E-state index contributed by atoms with van der Waals surface area (Å²) in [4.78, 5) is 15.7. The Hall–Kier alpha value is -1.19. The van der Waals surface area contributed by atoms with Crippen LogP contribution in [0.4, 0.5) is 0 Å². The third-order valence-electron chi connectivity index (χ3n) is 2.72. The van der Waals surface area contributed by atoms with Crippen molar-refractivity contribution in [2.75, 3.05) is 0 Å². The number of rotatable bonds is 3. The minimum Gasteiger partial charge on any atom is -0.290 e. The van der Waals surface area contributed by atoms with Crippen molar-refractivity contribution in [3.63, 3.8) is 0 Å². The van der Waals surface area contributed by atoms with Gasteiger partial charge < -0.3 is 0 Å². The number of hydrogen-bond acceptors (Lipinski definition) is 3. The van der Waals surface area contributed by atoms with E-state index in [1.807, 2.05) is 0 Å². The number of carbonyl (C=O) groups excluding carboxylic acids is 1. The van der Waals surface area contributed by atoms with E-state index in [1.165, 1.54) is 6.33 Å². The number of nitrogens with zero attached hydrogens (tertiary/aromatic N) is 3. The summed E-state index contributed by atoms with van der Waals surface area (Å²) in [7, 11) is 1.75. The average Bonchev–Trinajstić information content (AvgIpc) is 2.80. The number of hydrogen-bond donors (Lipinski definition) is 0. The molecule has 0 radical (unpaired) electrons. The quantitative estimate of drug-likeness (QED) is 0.651. The Balaban J connectivity index is 2.11. The van der Waals surface area contributed by atoms with Crippen molar-refractivity contribution in [2.45, 2.75) is 19.8 Å². The highest BCUT2D eigenvalue weighted by molar-refractivity contribution is 5.96. The number of aromatic nitrogens is 3. The van der Waals surface area contributed by atoms with Crippen LogP contribution in [0.3, 0.4) is 0 Å². The molecule has 1 aromatic rings. The highest BCUT2D eigenvalue weighted by atomic mass is 16.1. The van der Waals surface area contributed by atoms with Gasteiger partial charge >= 0.3 is 0 Å².